The van der Waals surface area contributed by atoms with Gasteiger partial charge in [-0.2, -0.15) is 0 Å². The molecular formula is C22H29N3O3S. The largest absolute Gasteiger partial charge is 0.325 e. The van der Waals surface area contributed by atoms with Gasteiger partial charge in [0.05, 0.1) is 16.9 Å². The lowest BCUT2D eigenvalue weighted by molar-refractivity contribution is -0.148. The summed E-state index contributed by atoms with van der Waals surface area (Å²) < 4.78 is 0. The van der Waals surface area contributed by atoms with Gasteiger partial charge < -0.3 is 5.32 Å². The minimum absolute atomic E-state index is 0.0212. The van der Waals surface area contributed by atoms with Gasteiger partial charge in [-0.3, -0.25) is 25.2 Å². The number of hydrogen-bond acceptors (Lipinski definition) is 4. The van der Waals surface area contributed by atoms with Crippen LogP contribution in [0.1, 0.15) is 44.1 Å². The molecule has 0 aromatic heterocycles. The topological polar surface area (TPSA) is 87.3 Å². The van der Waals surface area contributed by atoms with Crippen molar-refractivity contribution in [2.24, 2.45) is 23.2 Å². The van der Waals surface area contributed by atoms with Gasteiger partial charge in [0.1, 0.15) is 0 Å². The molecule has 0 heterocycles. The predicted molar refractivity (Wildman–Crippen MR) is 114 cm³/mol. The van der Waals surface area contributed by atoms with Crippen LogP contribution in [0.4, 0.5) is 5.69 Å². The van der Waals surface area contributed by atoms with Crippen molar-refractivity contribution in [1.82, 2.24) is 10.9 Å². The maximum Gasteiger partial charge on any atom is 0.248 e. The molecule has 0 unspecified atom stereocenters. The van der Waals surface area contributed by atoms with E-state index in [0.717, 1.165) is 30.5 Å². The number of thioether (sulfide) groups is 1. The van der Waals surface area contributed by atoms with Gasteiger partial charge in [0.2, 0.25) is 17.7 Å². The zero-order chi connectivity index (χ0) is 20.4. The Morgan fingerprint density at radius 1 is 0.966 bits per heavy atom. The van der Waals surface area contributed by atoms with Gasteiger partial charge in [-0.15, -0.1) is 11.8 Å². The molecule has 4 bridgehead atoms. The Bertz CT molecular complexity index is 775. The summed E-state index contributed by atoms with van der Waals surface area (Å²) in [5.74, 6) is 1.92. The Morgan fingerprint density at radius 3 is 2.21 bits per heavy atom. The second kappa shape index (κ2) is 8.38. The second-order valence-corrected chi connectivity index (χ2v) is 10.1. The molecule has 7 heteroatoms. The number of anilines is 1. The predicted octanol–water partition coefficient (Wildman–Crippen LogP) is 3.03. The van der Waals surface area contributed by atoms with Crippen LogP contribution in [0, 0.1) is 30.1 Å². The minimum Gasteiger partial charge on any atom is -0.325 e. The number of benzene rings is 1. The molecular weight excluding hydrogens is 386 g/mol. The number of nitrogens with one attached hydrogen (secondary N) is 3. The highest BCUT2D eigenvalue weighted by Crippen LogP contribution is 2.60. The van der Waals surface area contributed by atoms with Gasteiger partial charge in [-0.25, -0.2) is 0 Å². The molecule has 4 saturated carbocycles. The first kappa shape index (κ1) is 20.3. The molecule has 5 rings (SSSR count). The third-order valence-corrected chi connectivity index (χ3v) is 7.54. The van der Waals surface area contributed by atoms with E-state index in [9.17, 15) is 14.4 Å². The smallest absolute Gasteiger partial charge is 0.248 e. The zero-order valence-electron chi connectivity index (χ0n) is 16.8. The quantitative estimate of drug-likeness (QED) is 0.623. The van der Waals surface area contributed by atoms with Crippen molar-refractivity contribution in [2.45, 2.75) is 45.4 Å². The highest BCUT2D eigenvalue weighted by atomic mass is 32.2. The highest BCUT2D eigenvalue weighted by Gasteiger charge is 2.54. The number of carbonyl (C=O) groups is 3. The molecule has 29 heavy (non-hydrogen) atoms. The van der Waals surface area contributed by atoms with E-state index in [0.29, 0.717) is 17.8 Å². The molecule has 3 N–H and O–H groups in total. The number of aryl methyl sites for hydroxylation is 1. The van der Waals surface area contributed by atoms with Gasteiger partial charge in [-0.1, -0.05) is 12.1 Å². The molecule has 4 aliphatic carbocycles. The summed E-state index contributed by atoms with van der Waals surface area (Å²) in [6.45, 7) is 1.96. The number of hydrogen-bond donors (Lipinski definition) is 3. The molecule has 1 aromatic carbocycles. The van der Waals surface area contributed by atoms with Crippen LogP contribution in [0.25, 0.3) is 0 Å². The van der Waals surface area contributed by atoms with Crippen LogP contribution >= 0.6 is 11.8 Å². The normalized spacial score (nSPS) is 29.3. The van der Waals surface area contributed by atoms with Gasteiger partial charge >= 0.3 is 0 Å². The molecule has 0 radical (unpaired) electrons. The summed E-state index contributed by atoms with van der Waals surface area (Å²) in [6, 6.07) is 7.59. The maximum atomic E-state index is 12.8. The van der Waals surface area contributed by atoms with Crippen molar-refractivity contribution in [3.8, 4) is 0 Å². The molecule has 3 amide bonds. The van der Waals surface area contributed by atoms with Crippen molar-refractivity contribution in [3.05, 3.63) is 29.8 Å². The van der Waals surface area contributed by atoms with E-state index in [1.54, 1.807) is 0 Å². The monoisotopic (exact) mass is 415 g/mol. The number of amides is 3. The van der Waals surface area contributed by atoms with Crippen molar-refractivity contribution in [1.29, 1.82) is 0 Å². The molecule has 1 aromatic rings. The second-order valence-electron chi connectivity index (χ2n) is 9.11. The fraction of sp³-hybridized carbons (Fsp3) is 0.591. The van der Waals surface area contributed by atoms with Gasteiger partial charge in [-0.05, 0) is 80.9 Å². The van der Waals surface area contributed by atoms with Gasteiger partial charge in [0.15, 0.2) is 0 Å². The van der Waals surface area contributed by atoms with Gasteiger partial charge in [0.25, 0.3) is 0 Å². The number of hydrazine groups is 1. The maximum absolute atomic E-state index is 12.8. The van der Waals surface area contributed by atoms with E-state index in [4.69, 9.17) is 0 Å². The van der Waals surface area contributed by atoms with Crippen LogP contribution in [0.2, 0.25) is 0 Å². The highest BCUT2D eigenvalue weighted by molar-refractivity contribution is 8.00. The standard InChI is InChI=1S/C22H29N3O3S/c1-14-3-2-4-18(5-14)23-19(26)12-29-13-20(27)24-25-21(28)22-9-15-6-16(10-22)8-17(7-15)11-22/h2-5,15-17H,6-13H2,1H3,(H,23,26)(H,24,27)(H,25,28). The Kier molecular flexibility index (Phi) is 5.86. The van der Waals surface area contributed by atoms with Crippen LogP contribution < -0.4 is 16.2 Å². The Balaban J connectivity index is 1.17. The van der Waals surface area contributed by atoms with Crippen LogP contribution in [0.15, 0.2) is 24.3 Å². The van der Waals surface area contributed by atoms with Crippen molar-refractivity contribution in [3.63, 3.8) is 0 Å². The van der Waals surface area contributed by atoms with E-state index >= 15 is 0 Å². The van der Waals surface area contributed by atoms with Crippen LogP contribution in [-0.4, -0.2) is 29.2 Å². The molecule has 156 valence electrons. The Hall–Kier alpha value is -2.02. The van der Waals surface area contributed by atoms with Gasteiger partial charge in [0, 0.05) is 5.69 Å². The molecule has 0 aliphatic heterocycles. The van der Waals surface area contributed by atoms with Crippen molar-refractivity contribution in [2.75, 3.05) is 16.8 Å². The summed E-state index contributed by atoms with van der Waals surface area (Å²) in [5.41, 5.74) is 6.77. The summed E-state index contributed by atoms with van der Waals surface area (Å²) in [7, 11) is 0. The fourth-order valence-corrected chi connectivity index (χ4v) is 6.46. The Labute approximate surface area is 175 Å². The summed E-state index contributed by atoms with van der Waals surface area (Å²) >= 11 is 1.23. The van der Waals surface area contributed by atoms with E-state index in [-0.39, 0.29) is 34.6 Å². The van der Waals surface area contributed by atoms with Crippen molar-refractivity contribution >= 4 is 35.2 Å². The molecule has 4 aliphatic rings. The molecule has 4 fully saturated rings. The third-order valence-electron chi connectivity index (χ3n) is 6.60. The lowest BCUT2D eigenvalue weighted by atomic mass is 9.49. The lowest BCUT2D eigenvalue weighted by Crippen LogP contribution is -2.56. The van der Waals surface area contributed by atoms with E-state index < -0.39 is 0 Å². The molecule has 0 saturated heterocycles. The van der Waals surface area contributed by atoms with E-state index in [1.165, 1.54) is 31.0 Å². The number of rotatable bonds is 6. The Morgan fingerprint density at radius 2 is 1.59 bits per heavy atom. The fourth-order valence-electron chi connectivity index (χ4n) is 5.84. The third kappa shape index (κ3) is 4.77. The summed E-state index contributed by atoms with van der Waals surface area (Å²) in [4.78, 5) is 36.9. The van der Waals surface area contributed by atoms with Crippen LogP contribution in [0.3, 0.4) is 0 Å². The first-order chi connectivity index (χ1) is 13.9. The minimum atomic E-state index is -0.281. The molecule has 6 nitrogen and oxygen atoms in total. The lowest BCUT2D eigenvalue weighted by Gasteiger charge is -2.55. The van der Waals surface area contributed by atoms with E-state index in [1.807, 2.05) is 31.2 Å². The first-order valence-corrected chi connectivity index (χ1v) is 11.6. The average Bonchev–Trinajstić information content (AvgIpc) is 2.65. The van der Waals surface area contributed by atoms with E-state index in [2.05, 4.69) is 16.2 Å². The summed E-state index contributed by atoms with van der Waals surface area (Å²) in [5, 5.41) is 2.82. The SMILES string of the molecule is Cc1cccc(NC(=O)CSCC(=O)NNC(=O)C23CC4CC(CC(C4)C2)C3)c1. The number of carbonyl (C=O) groups excluding carboxylic acids is 3. The molecule has 0 spiro atoms. The first-order valence-electron chi connectivity index (χ1n) is 10.5. The van der Waals surface area contributed by atoms with Crippen molar-refractivity contribution < 1.29 is 14.4 Å². The van der Waals surface area contributed by atoms with Crippen LogP contribution in [-0.2, 0) is 14.4 Å². The average molecular weight is 416 g/mol. The summed E-state index contributed by atoms with van der Waals surface area (Å²) in [6.07, 6.45) is 6.73. The molecule has 0 atom stereocenters. The zero-order valence-corrected chi connectivity index (χ0v) is 17.6. The van der Waals surface area contributed by atoms with Crippen LogP contribution in [0.5, 0.6) is 0 Å².